The molecule has 1 atom stereocenters. The summed E-state index contributed by atoms with van der Waals surface area (Å²) in [5.74, 6) is 0.788. The number of carbonyl (C=O) groups is 1. The fourth-order valence-corrected chi connectivity index (χ4v) is 1.12. The Morgan fingerprint density at radius 2 is 2.38 bits per heavy atom. The van der Waals surface area contributed by atoms with E-state index in [0.717, 1.165) is 17.6 Å². The molecule has 0 heterocycles. The summed E-state index contributed by atoms with van der Waals surface area (Å²) in [5.41, 5.74) is 6.50. The monoisotopic (exact) mass is 179 g/mol. The normalized spacial score (nSPS) is 12.2. The third kappa shape index (κ3) is 2.87. The van der Waals surface area contributed by atoms with Crippen LogP contribution in [0.1, 0.15) is 5.56 Å². The minimum Gasteiger partial charge on any atom is -0.497 e. The van der Waals surface area contributed by atoms with Crippen LogP contribution in [0.3, 0.4) is 0 Å². The lowest BCUT2D eigenvalue weighted by molar-refractivity contribution is -0.108. The summed E-state index contributed by atoms with van der Waals surface area (Å²) in [4.78, 5) is 10.3. The minimum atomic E-state index is -0.424. The first kappa shape index (κ1) is 9.74. The third-order valence-electron chi connectivity index (χ3n) is 1.78. The number of nitrogens with two attached hydrogens (primary N) is 1. The molecule has 0 radical (unpaired) electrons. The van der Waals surface area contributed by atoms with Gasteiger partial charge in [-0.05, 0) is 24.1 Å². The zero-order chi connectivity index (χ0) is 9.68. The predicted molar refractivity (Wildman–Crippen MR) is 50.7 cm³/mol. The number of ether oxygens (including phenoxy) is 1. The standard InChI is InChI=1S/C10H13NO2/c1-13-10-4-2-3-8(6-10)5-9(11)7-12/h2-4,6-7,9H,5,11H2,1H3/t9-/m0/s1. The molecule has 0 spiro atoms. The average molecular weight is 179 g/mol. The molecular formula is C10H13NO2. The maximum absolute atomic E-state index is 10.3. The van der Waals surface area contributed by atoms with E-state index >= 15 is 0 Å². The Labute approximate surface area is 77.5 Å². The van der Waals surface area contributed by atoms with Crippen LogP contribution in [-0.4, -0.2) is 19.4 Å². The quantitative estimate of drug-likeness (QED) is 0.694. The van der Waals surface area contributed by atoms with Crippen molar-refractivity contribution in [3.63, 3.8) is 0 Å². The Morgan fingerprint density at radius 1 is 1.62 bits per heavy atom. The maximum Gasteiger partial charge on any atom is 0.137 e. The Morgan fingerprint density at radius 3 is 3.00 bits per heavy atom. The summed E-state index contributed by atoms with van der Waals surface area (Å²) >= 11 is 0. The van der Waals surface area contributed by atoms with Crippen LogP contribution in [0.4, 0.5) is 0 Å². The molecule has 0 aromatic heterocycles. The van der Waals surface area contributed by atoms with Crippen molar-refractivity contribution in [2.75, 3.05) is 7.11 Å². The fourth-order valence-electron chi connectivity index (χ4n) is 1.12. The van der Waals surface area contributed by atoms with Gasteiger partial charge in [0.2, 0.25) is 0 Å². The lowest BCUT2D eigenvalue weighted by Crippen LogP contribution is -2.23. The van der Waals surface area contributed by atoms with Gasteiger partial charge in [-0.2, -0.15) is 0 Å². The van der Waals surface area contributed by atoms with Crippen molar-refractivity contribution in [2.24, 2.45) is 5.73 Å². The number of carbonyl (C=O) groups excluding carboxylic acids is 1. The zero-order valence-electron chi connectivity index (χ0n) is 7.57. The summed E-state index contributed by atoms with van der Waals surface area (Å²) in [6.45, 7) is 0. The molecule has 13 heavy (non-hydrogen) atoms. The fraction of sp³-hybridized carbons (Fsp3) is 0.300. The molecular weight excluding hydrogens is 166 g/mol. The molecule has 0 amide bonds. The molecule has 1 aromatic rings. The molecule has 70 valence electrons. The van der Waals surface area contributed by atoms with Crippen molar-refractivity contribution in [1.82, 2.24) is 0 Å². The number of methoxy groups -OCH3 is 1. The largest absolute Gasteiger partial charge is 0.497 e. The van der Waals surface area contributed by atoms with E-state index in [1.54, 1.807) is 7.11 Å². The highest BCUT2D eigenvalue weighted by molar-refractivity contribution is 5.57. The first-order valence-corrected chi connectivity index (χ1v) is 4.10. The van der Waals surface area contributed by atoms with Gasteiger partial charge in [0.15, 0.2) is 0 Å². The summed E-state index contributed by atoms with van der Waals surface area (Å²) in [6.07, 6.45) is 1.31. The molecule has 0 aliphatic heterocycles. The van der Waals surface area contributed by atoms with E-state index in [1.165, 1.54) is 0 Å². The second-order valence-electron chi connectivity index (χ2n) is 2.86. The Bertz CT molecular complexity index is 286. The molecule has 0 unspecified atom stereocenters. The van der Waals surface area contributed by atoms with Crippen LogP contribution in [0.25, 0.3) is 0 Å². The highest BCUT2D eigenvalue weighted by Crippen LogP contribution is 2.13. The molecule has 3 heteroatoms. The Hall–Kier alpha value is -1.35. The van der Waals surface area contributed by atoms with E-state index in [9.17, 15) is 4.79 Å². The van der Waals surface area contributed by atoms with Gasteiger partial charge in [-0.25, -0.2) is 0 Å². The molecule has 0 aliphatic rings. The topological polar surface area (TPSA) is 52.3 Å². The van der Waals surface area contributed by atoms with Crippen LogP contribution in [0, 0.1) is 0 Å². The molecule has 0 bridgehead atoms. The van der Waals surface area contributed by atoms with E-state index in [-0.39, 0.29) is 0 Å². The van der Waals surface area contributed by atoms with Crippen molar-refractivity contribution in [3.05, 3.63) is 29.8 Å². The summed E-state index contributed by atoms with van der Waals surface area (Å²) < 4.78 is 5.04. The van der Waals surface area contributed by atoms with Gasteiger partial charge in [0.1, 0.15) is 12.0 Å². The predicted octanol–water partition coefficient (Wildman–Crippen LogP) is 0.764. The van der Waals surface area contributed by atoms with Crippen LogP contribution in [0.2, 0.25) is 0 Å². The minimum absolute atomic E-state index is 0.424. The van der Waals surface area contributed by atoms with E-state index in [0.29, 0.717) is 6.42 Å². The van der Waals surface area contributed by atoms with Crippen LogP contribution in [0.15, 0.2) is 24.3 Å². The number of hydrogen-bond acceptors (Lipinski definition) is 3. The Kier molecular flexibility index (Phi) is 3.46. The number of hydrogen-bond donors (Lipinski definition) is 1. The molecule has 0 aliphatic carbocycles. The molecule has 1 rings (SSSR count). The van der Waals surface area contributed by atoms with Crippen molar-refractivity contribution in [2.45, 2.75) is 12.5 Å². The molecule has 0 saturated heterocycles. The van der Waals surface area contributed by atoms with E-state index < -0.39 is 6.04 Å². The lowest BCUT2D eigenvalue weighted by Gasteiger charge is -2.05. The second kappa shape index (κ2) is 4.62. The van der Waals surface area contributed by atoms with E-state index in [2.05, 4.69) is 0 Å². The summed E-state index contributed by atoms with van der Waals surface area (Å²) in [6, 6.07) is 7.11. The van der Waals surface area contributed by atoms with Crippen LogP contribution < -0.4 is 10.5 Å². The third-order valence-corrected chi connectivity index (χ3v) is 1.78. The SMILES string of the molecule is COc1cccc(C[C@H](N)C=O)c1. The zero-order valence-corrected chi connectivity index (χ0v) is 7.57. The maximum atomic E-state index is 10.3. The Balaban J connectivity index is 2.71. The van der Waals surface area contributed by atoms with Gasteiger partial charge in [-0.1, -0.05) is 12.1 Å². The number of rotatable bonds is 4. The molecule has 0 saturated carbocycles. The van der Waals surface area contributed by atoms with Gasteiger partial charge in [0.05, 0.1) is 13.2 Å². The highest BCUT2D eigenvalue weighted by Gasteiger charge is 2.02. The van der Waals surface area contributed by atoms with Crippen molar-refractivity contribution >= 4 is 6.29 Å². The smallest absolute Gasteiger partial charge is 0.137 e. The van der Waals surface area contributed by atoms with Gasteiger partial charge in [0.25, 0.3) is 0 Å². The summed E-state index contributed by atoms with van der Waals surface area (Å²) in [5, 5.41) is 0. The van der Waals surface area contributed by atoms with Crippen LogP contribution in [0.5, 0.6) is 5.75 Å². The van der Waals surface area contributed by atoms with Gasteiger partial charge in [0, 0.05) is 0 Å². The number of aldehydes is 1. The highest BCUT2D eigenvalue weighted by atomic mass is 16.5. The first-order chi connectivity index (χ1) is 6.26. The second-order valence-corrected chi connectivity index (χ2v) is 2.86. The van der Waals surface area contributed by atoms with E-state index in [1.807, 2.05) is 24.3 Å². The summed E-state index contributed by atoms with van der Waals surface area (Å²) in [7, 11) is 1.61. The van der Waals surface area contributed by atoms with Crippen LogP contribution >= 0.6 is 0 Å². The van der Waals surface area contributed by atoms with Gasteiger partial charge >= 0.3 is 0 Å². The van der Waals surface area contributed by atoms with Crippen LogP contribution in [-0.2, 0) is 11.2 Å². The number of benzene rings is 1. The molecule has 1 aromatic carbocycles. The van der Waals surface area contributed by atoms with Gasteiger partial charge in [-0.15, -0.1) is 0 Å². The van der Waals surface area contributed by atoms with Crippen molar-refractivity contribution < 1.29 is 9.53 Å². The lowest BCUT2D eigenvalue weighted by atomic mass is 10.1. The van der Waals surface area contributed by atoms with Gasteiger partial charge < -0.3 is 15.3 Å². The molecule has 3 nitrogen and oxygen atoms in total. The molecule has 0 fully saturated rings. The first-order valence-electron chi connectivity index (χ1n) is 4.10. The van der Waals surface area contributed by atoms with E-state index in [4.69, 9.17) is 10.5 Å². The molecule has 2 N–H and O–H groups in total. The van der Waals surface area contributed by atoms with Gasteiger partial charge in [-0.3, -0.25) is 0 Å². The van der Waals surface area contributed by atoms with Crippen molar-refractivity contribution in [3.8, 4) is 5.75 Å². The van der Waals surface area contributed by atoms with Crippen molar-refractivity contribution in [1.29, 1.82) is 0 Å². The average Bonchev–Trinajstić information content (AvgIpc) is 2.18.